The van der Waals surface area contributed by atoms with E-state index < -0.39 is 5.60 Å². The fraction of sp³-hybridized carbons (Fsp3) is 0.765. The fourth-order valence-corrected chi connectivity index (χ4v) is 2.72. The number of amides is 2. The molecule has 22 heavy (non-hydrogen) atoms. The Kier molecular flexibility index (Phi) is 5.87. The van der Waals surface area contributed by atoms with E-state index in [9.17, 15) is 9.59 Å². The lowest BCUT2D eigenvalue weighted by atomic mass is 9.76. The van der Waals surface area contributed by atoms with Crippen LogP contribution < -0.4 is 5.32 Å². The standard InChI is InChI=1S/C17H28N2O3/c1-7-9-14(20)18-12-13-17(5,6)10-8-11-19(13)15(21)22-16(2,3)4/h13H,8,10-12H2,1-6H3,(H,18,20). The van der Waals surface area contributed by atoms with Gasteiger partial charge < -0.3 is 15.0 Å². The van der Waals surface area contributed by atoms with Gasteiger partial charge in [-0.3, -0.25) is 4.79 Å². The third kappa shape index (κ3) is 5.25. The van der Waals surface area contributed by atoms with Crippen LogP contribution in [0.3, 0.4) is 0 Å². The molecule has 0 bridgehead atoms. The molecule has 0 saturated carbocycles. The maximum Gasteiger partial charge on any atom is 0.410 e. The molecule has 0 aromatic carbocycles. The summed E-state index contributed by atoms with van der Waals surface area (Å²) in [5, 5.41) is 2.79. The molecule has 1 aliphatic rings. The first-order chi connectivity index (χ1) is 10.1. The van der Waals surface area contributed by atoms with Gasteiger partial charge in [0.25, 0.3) is 5.91 Å². The molecule has 1 fully saturated rings. The molecule has 0 aromatic rings. The highest BCUT2D eigenvalue weighted by Crippen LogP contribution is 2.35. The van der Waals surface area contributed by atoms with Crippen molar-refractivity contribution in [3.05, 3.63) is 0 Å². The molecular weight excluding hydrogens is 280 g/mol. The van der Waals surface area contributed by atoms with E-state index in [4.69, 9.17) is 4.74 Å². The zero-order valence-corrected chi connectivity index (χ0v) is 14.6. The monoisotopic (exact) mass is 308 g/mol. The summed E-state index contributed by atoms with van der Waals surface area (Å²) in [6.45, 7) is 12.5. The van der Waals surface area contributed by atoms with Crippen LogP contribution in [0.1, 0.15) is 54.4 Å². The number of ether oxygens (including phenoxy) is 1. The number of nitrogens with zero attached hydrogens (tertiary/aromatic N) is 1. The van der Waals surface area contributed by atoms with Crippen molar-refractivity contribution in [1.82, 2.24) is 10.2 Å². The van der Waals surface area contributed by atoms with E-state index in [0.717, 1.165) is 12.8 Å². The third-order valence-corrected chi connectivity index (χ3v) is 3.82. The highest BCUT2D eigenvalue weighted by Gasteiger charge is 2.41. The molecule has 1 saturated heterocycles. The van der Waals surface area contributed by atoms with E-state index in [0.29, 0.717) is 13.1 Å². The molecule has 1 rings (SSSR count). The van der Waals surface area contributed by atoms with Crippen molar-refractivity contribution in [2.75, 3.05) is 13.1 Å². The maximum atomic E-state index is 12.4. The lowest BCUT2D eigenvalue weighted by molar-refractivity contribution is -0.116. The number of carbonyl (C=O) groups excluding carboxylic acids is 2. The van der Waals surface area contributed by atoms with Crippen molar-refractivity contribution < 1.29 is 14.3 Å². The first kappa shape index (κ1) is 18.3. The van der Waals surface area contributed by atoms with Crippen LogP contribution in [-0.4, -0.2) is 41.6 Å². The molecule has 0 spiro atoms. The average molecular weight is 308 g/mol. The molecule has 1 heterocycles. The lowest BCUT2D eigenvalue weighted by Gasteiger charge is -2.46. The fourth-order valence-electron chi connectivity index (χ4n) is 2.72. The molecular formula is C17H28N2O3. The third-order valence-electron chi connectivity index (χ3n) is 3.82. The second-order valence-corrected chi connectivity index (χ2v) is 7.37. The molecule has 1 unspecified atom stereocenters. The predicted molar refractivity (Wildman–Crippen MR) is 86.2 cm³/mol. The van der Waals surface area contributed by atoms with Crippen LogP contribution in [0.25, 0.3) is 0 Å². The quantitative estimate of drug-likeness (QED) is 0.798. The van der Waals surface area contributed by atoms with E-state index in [-0.39, 0.29) is 23.5 Å². The first-order valence-corrected chi connectivity index (χ1v) is 7.77. The molecule has 124 valence electrons. The Morgan fingerprint density at radius 1 is 1.36 bits per heavy atom. The van der Waals surface area contributed by atoms with Crippen molar-refractivity contribution in [3.8, 4) is 11.8 Å². The first-order valence-electron chi connectivity index (χ1n) is 7.77. The molecule has 5 heteroatoms. The molecule has 1 atom stereocenters. The molecule has 0 radical (unpaired) electrons. The van der Waals surface area contributed by atoms with Gasteiger partial charge in [0, 0.05) is 13.1 Å². The highest BCUT2D eigenvalue weighted by molar-refractivity contribution is 5.93. The summed E-state index contributed by atoms with van der Waals surface area (Å²) < 4.78 is 5.50. The summed E-state index contributed by atoms with van der Waals surface area (Å²) in [5.74, 6) is 4.72. The molecule has 5 nitrogen and oxygen atoms in total. The Bertz CT molecular complexity index is 480. The van der Waals surface area contributed by atoms with Gasteiger partial charge in [-0.25, -0.2) is 4.79 Å². The average Bonchev–Trinajstić information content (AvgIpc) is 2.34. The smallest absolute Gasteiger partial charge is 0.410 e. The van der Waals surface area contributed by atoms with Crippen molar-refractivity contribution in [2.24, 2.45) is 5.41 Å². The SMILES string of the molecule is CC#CC(=O)NCC1N(C(=O)OC(C)(C)C)CCCC1(C)C. The number of likely N-dealkylation sites (tertiary alicyclic amines) is 1. The Hall–Kier alpha value is -1.70. The minimum atomic E-state index is -0.528. The number of carbonyl (C=O) groups is 2. The second-order valence-electron chi connectivity index (χ2n) is 7.37. The highest BCUT2D eigenvalue weighted by atomic mass is 16.6. The zero-order valence-electron chi connectivity index (χ0n) is 14.6. The number of hydrogen-bond donors (Lipinski definition) is 1. The molecule has 1 aliphatic heterocycles. The van der Waals surface area contributed by atoms with Crippen LogP contribution in [0, 0.1) is 17.3 Å². The number of rotatable bonds is 2. The molecule has 0 aromatic heterocycles. The normalized spacial score (nSPS) is 20.6. The minimum absolute atomic E-state index is 0.0813. The van der Waals surface area contributed by atoms with Crippen molar-refractivity contribution in [3.63, 3.8) is 0 Å². The summed E-state index contributed by atoms with van der Waals surface area (Å²) in [6.07, 6.45) is 1.62. The van der Waals surface area contributed by atoms with Gasteiger partial charge in [-0.2, -0.15) is 0 Å². The van der Waals surface area contributed by atoms with Gasteiger partial charge in [-0.1, -0.05) is 19.8 Å². The van der Waals surface area contributed by atoms with Gasteiger partial charge in [-0.15, -0.1) is 0 Å². The van der Waals surface area contributed by atoms with Crippen LogP contribution in [-0.2, 0) is 9.53 Å². The van der Waals surface area contributed by atoms with Crippen molar-refractivity contribution in [2.45, 2.75) is 66.0 Å². The maximum absolute atomic E-state index is 12.4. The summed E-state index contributed by atoms with van der Waals surface area (Å²) in [6, 6.07) is -0.0984. The van der Waals surface area contributed by atoms with Crippen molar-refractivity contribution in [1.29, 1.82) is 0 Å². The van der Waals surface area contributed by atoms with E-state index in [1.54, 1.807) is 11.8 Å². The van der Waals surface area contributed by atoms with Crippen LogP contribution in [0.4, 0.5) is 4.79 Å². The molecule has 1 N–H and O–H groups in total. The number of piperidine rings is 1. The lowest BCUT2D eigenvalue weighted by Crippen LogP contribution is -2.57. The Morgan fingerprint density at radius 2 is 2.00 bits per heavy atom. The topological polar surface area (TPSA) is 58.6 Å². The van der Waals surface area contributed by atoms with Crippen molar-refractivity contribution >= 4 is 12.0 Å². The van der Waals surface area contributed by atoms with Gasteiger partial charge >= 0.3 is 6.09 Å². The minimum Gasteiger partial charge on any atom is -0.444 e. The summed E-state index contributed by atoms with van der Waals surface area (Å²) in [5.41, 5.74) is -0.609. The number of hydrogen-bond acceptors (Lipinski definition) is 3. The van der Waals surface area contributed by atoms with Crippen LogP contribution >= 0.6 is 0 Å². The Labute approximate surface area is 133 Å². The van der Waals surface area contributed by atoms with E-state index in [1.807, 2.05) is 20.8 Å². The van der Waals surface area contributed by atoms with E-state index in [1.165, 1.54) is 0 Å². The van der Waals surface area contributed by atoms with Crippen LogP contribution in [0.2, 0.25) is 0 Å². The van der Waals surface area contributed by atoms with Gasteiger partial charge in [-0.05, 0) is 51.9 Å². The zero-order chi connectivity index (χ0) is 17.0. The molecule has 0 aliphatic carbocycles. The van der Waals surface area contributed by atoms with Gasteiger partial charge in [0.05, 0.1) is 6.04 Å². The van der Waals surface area contributed by atoms with Crippen LogP contribution in [0.5, 0.6) is 0 Å². The van der Waals surface area contributed by atoms with Gasteiger partial charge in [0.2, 0.25) is 0 Å². The Balaban J connectivity index is 2.84. The second kappa shape index (κ2) is 7.04. The number of nitrogens with one attached hydrogen (secondary N) is 1. The predicted octanol–water partition coefficient (Wildman–Crippen LogP) is 2.55. The van der Waals surface area contributed by atoms with E-state index >= 15 is 0 Å². The largest absolute Gasteiger partial charge is 0.444 e. The summed E-state index contributed by atoms with van der Waals surface area (Å²) >= 11 is 0. The summed E-state index contributed by atoms with van der Waals surface area (Å²) in [7, 11) is 0. The van der Waals surface area contributed by atoms with Gasteiger partial charge in [0.1, 0.15) is 5.60 Å². The molecule has 2 amide bonds. The van der Waals surface area contributed by atoms with E-state index in [2.05, 4.69) is 31.0 Å². The summed E-state index contributed by atoms with van der Waals surface area (Å²) in [4.78, 5) is 25.8. The van der Waals surface area contributed by atoms with Gasteiger partial charge in [0.15, 0.2) is 0 Å². The van der Waals surface area contributed by atoms with Crippen LogP contribution in [0.15, 0.2) is 0 Å². The Morgan fingerprint density at radius 3 is 2.55 bits per heavy atom.